The molecule has 0 bridgehead atoms. The lowest BCUT2D eigenvalue weighted by Crippen LogP contribution is -2.04. The number of hydrogen-bond acceptors (Lipinski definition) is 8. The van der Waals surface area contributed by atoms with E-state index < -0.39 is 0 Å². The zero-order chi connectivity index (χ0) is 19.2. The second-order valence-electron chi connectivity index (χ2n) is 5.41. The highest BCUT2D eigenvalue weighted by atomic mass is 16.5. The second kappa shape index (κ2) is 8.22. The summed E-state index contributed by atoms with van der Waals surface area (Å²) in [5.74, 6) is 1.24. The summed E-state index contributed by atoms with van der Waals surface area (Å²) in [5, 5.41) is 6.97. The van der Waals surface area contributed by atoms with Crippen LogP contribution in [0, 0.1) is 0 Å². The normalized spacial score (nSPS) is 10.3. The third kappa shape index (κ3) is 4.17. The number of methoxy groups -OCH3 is 2. The SMILES string of the molecule is CCOC(=O)c1ccc(Nc2nc(-c3cc(OC)ccc3OC)no2)cc1. The molecule has 0 radical (unpaired) electrons. The van der Waals surface area contributed by atoms with E-state index in [1.54, 1.807) is 63.6 Å². The molecule has 0 unspecified atom stereocenters. The summed E-state index contributed by atoms with van der Waals surface area (Å²) in [7, 11) is 3.14. The van der Waals surface area contributed by atoms with Crippen LogP contribution in [0.4, 0.5) is 11.7 Å². The van der Waals surface area contributed by atoms with E-state index in [4.69, 9.17) is 18.7 Å². The summed E-state index contributed by atoms with van der Waals surface area (Å²) in [6.07, 6.45) is 0. The Kier molecular flexibility index (Phi) is 5.55. The summed E-state index contributed by atoms with van der Waals surface area (Å²) >= 11 is 0. The van der Waals surface area contributed by atoms with E-state index in [-0.39, 0.29) is 12.0 Å². The quantitative estimate of drug-likeness (QED) is 0.630. The maximum absolute atomic E-state index is 11.7. The zero-order valence-corrected chi connectivity index (χ0v) is 15.2. The van der Waals surface area contributed by atoms with Crippen molar-refractivity contribution in [2.75, 3.05) is 26.1 Å². The van der Waals surface area contributed by atoms with Crippen molar-refractivity contribution in [2.24, 2.45) is 0 Å². The Morgan fingerprint density at radius 3 is 2.56 bits per heavy atom. The van der Waals surface area contributed by atoms with Gasteiger partial charge in [0, 0.05) is 5.69 Å². The molecule has 3 rings (SSSR count). The molecule has 0 aliphatic rings. The van der Waals surface area contributed by atoms with Crippen LogP contribution in [0.1, 0.15) is 17.3 Å². The van der Waals surface area contributed by atoms with Crippen molar-refractivity contribution in [2.45, 2.75) is 6.92 Å². The summed E-state index contributed by atoms with van der Waals surface area (Å²) in [6, 6.07) is 12.3. The van der Waals surface area contributed by atoms with Gasteiger partial charge in [-0.25, -0.2) is 4.79 Å². The van der Waals surface area contributed by atoms with Gasteiger partial charge in [0.25, 0.3) is 0 Å². The van der Waals surface area contributed by atoms with E-state index in [2.05, 4.69) is 15.5 Å². The maximum atomic E-state index is 11.7. The van der Waals surface area contributed by atoms with Crippen LogP contribution < -0.4 is 14.8 Å². The van der Waals surface area contributed by atoms with Crippen molar-refractivity contribution in [1.82, 2.24) is 10.1 Å². The van der Waals surface area contributed by atoms with Crippen LogP contribution >= 0.6 is 0 Å². The Hall–Kier alpha value is -3.55. The average Bonchev–Trinajstić information content (AvgIpc) is 3.16. The summed E-state index contributed by atoms with van der Waals surface area (Å²) in [6.45, 7) is 2.09. The molecule has 0 saturated heterocycles. The van der Waals surface area contributed by atoms with Crippen LogP contribution in [0.3, 0.4) is 0 Å². The van der Waals surface area contributed by atoms with Gasteiger partial charge in [-0.1, -0.05) is 5.16 Å². The predicted octanol–water partition coefficient (Wildman–Crippen LogP) is 3.67. The number of anilines is 2. The molecule has 0 amide bonds. The van der Waals surface area contributed by atoms with Gasteiger partial charge in [0.15, 0.2) is 0 Å². The minimum Gasteiger partial charge on any atom is -0.497 e. The van der Waals surface area contributed by atoms with Gasteiger partial charge >= 0.3 is 12.0 Å². The molecule has 2 aromatic carbocycles. The molecular formula is C19H19N3O5. The molecule has 0 fully saturated rings. The number of carbonyl (C=O) groups is 1. The number of nitrogens with zero attached hydrogens (tertiary/aromatic N) is 2. The van der Waals surface area contributed by atoms with Gasteiger partial charge in [0.2, 0.25) is 5.82 Å². The Morgan fingerprint density at radius 2 is 1.89 bits per heavy atom. The first kappa shape index (κ1) is 18.2. The van der Waals surface area contributed by atoms with Gasteiger partial charge in [0.05, 0.1) is 32.0 Å². The fraction of sp³-hybridized carbons (Fsp3) is 0.211. The molecule has 0 aliphatic carbocycles. The Labute approximate surface area is 156 Å². The van der Waals surface area contributed by atoms with Crippen LogP contribution in [-0.4, -0.2) is 36.9 Å². The minimum absolute atomic E-state index is 0.207. The number of aromatic nitrogens is 2. The van der Waals surface area contributed by atoms with Crippen LogP contribution in [0.5, 0.6) is 11.5 Å². The standard InChI is InChI=1S/C19H19N3O5/c1-4-26-18(23)12-5-7-13(8-6-12)20-19-21-17(22-27-19)15-11-14(24-2)9-10-16(15)25-3/h5-11H,4H2,1-3H3,(H,20,21,22). The molecule has 3 aromatic rings. The molecule has 1 aromatic heterocycles. The minimum atomic E-state index is -0.366. The lowest BCUT2D eigenvalue weighted by atomic mass is 10.2. The van der Waals surface area contributed by atoms with E-state index in [0.29, 0.717) is 40.7 Å². The first-order valence-electron chi connectivity index (χ1n) is 8.25. The molecular weight excluding hydrogens is 350 g/mol. The van der Waals surface area contributed by atoms with Gasteiger partial charge in [-0.05, 0) is 49.4 Å². The summed E-state index contributed by atoms with van der Waals surface area (Å²) in [4.78, 5) is 16.0. The molecule has 0 aliphatic heterocycles. The fourth-order valence-corrected chi connectivity index (χ4v) is 2.40. The topological polar surface area (TPSA) is 95.7 Å². The number of esters is 1. The lowest BCUT2D eigenvalue weighted by molar-refractivity contribution is 0.0526. The van der Waals surface area contributed by atoms with E-state index in [9.17, 15) is 4.79 Å². The highest BCUT2D eigenvalue weighted by Crippen LogP contribution is 2.32. The van der Waals surface area contributed by atoms with Gasteiger partial charge < -0.3 is 24.1 Å². The molecule has 1 N–H and O–H groups in total. The van der Waals surface area contributed by atoms with E-state index in [1.807, 2.05) is 0 Å². The molecule has 8 nitrogen and oxygen atoms in total. The molecule has 0 saturated carbocycles. The number of carbonyl (C=O) groups excluding carboxylic acids is 1. The lowest BCUT2D eigenvalue weighted by Gasteiger charge is -2.07. The number of benzene rings is 2. The van der Waals surface area contributed by atoms with E-state index in [0.717, 1.165) is 0 Å². The van der Waals surface area contributed by atoms with Crippen LogP contribution in [0.25, 0.3) is 11.4 Å². The van der Waals surface area contributed by atoms with Crippen molar-refractivity contribution in [3.63, 3.8) is 0 Å². The Morgan fingerprint density at radius 1 is 1.11 bits per heavy atom. The number of nitrogens with one attached hydrogen (secondary N) is 1. The molecule has 0 spiro atoms. The van der Waals surface area contributed by atoms with Crippen molar-refractivity contribution < 1.29 is 23.5 Å². The molecule has 0 atom stereocenters. The van der Waals surface area contributed by atoms with Crippen molar-refractivity contribution >= 4 is 17.7 Å². The highest BCUT2D eigenvalue weighted by Gasteiger charge is 2.15. The third-order valence-electron chi connectivity index (χ3n) is 3.72. The van der Waals surface area contributed by atoms with Crippen LogP contribution in [-0.2, 0) is 4.74 Å². The molecule has 8 heteroatoms. The van der Waals surface area contributed by atoms with Crippen LogP contribution in [0.15, 0.2) is 47.0 Å². The van der Waals surface area contributed by atoms with Gasteiger partial charge in [-0.2, -0.15) is 4.98 Å². The predicted molar refractivity (Wildman–Crippen MR) is 98.5 cm³/mol. The zero-order valence-electron chi connectivity index (χ0n) is 15.2. The van der Waals surface area contributed by atoms with Crippen LogP contribution in [0.2, 0.25) is 0 Å². The number of ether oxygens (including phenoxy) is 3. The van der Waals surface area contributed by atoms with Crippen molar-refractivity contribution in [3.8, 4) is 22.9 Å². The monoisotopic (exact) mass is 369 g/mol. The highest BCUT2D eigenvalue weighted by molar-refractivity contribution is 5.89. The van der Waals surface area contributed by atoms with Gasteiger partial charge in [0.1, 0.15) is 11.5 Å². The van der Waals surface area contributed by atoms with Gasteiger partial charge in [-0.15, -0.1) is 0 Å². The average molecular weight is 369 g/mol. The molecule has 1 heterocycles. The Balaban J connectivity index is 1.78. The second-order valence-corrected chi connectivity index (χ2v) is 5.41. The first-order valence-corrected chi connectivity index (χ1v) is 8.25. The maximum Gasteiger partial charge on any atom is 0.338 e. The number of hydrogen-bond donors (Lipinski definition) is 1. The largest absolute Gasteiger partial charge is 0.497 e. The fourth-order valence-electron chi connectivity index (χ4n) is 2.40. The molecule has 140 valence electrons. The Bertz CT molecular complexity index is 921. The summed E-state index contributed by atoms with van der Waals surface area (Å²) < 4.78 is 20.8. The third-order valence-corrected chi connectivity index (χ3v) is 3.72. The number of rotatable bonds is 7. The van der Waals surface area contributed by atoms with Crippen molar-refractivity contribution in [1.29, 1.82) is 0 Å². The smallest absolute Gasteiger partial charge is 0.338 e. The van der Waals surface area contributed by atoms with E-state index >= 15 is 0 Å². The molecule has 27 heavy (non-hydrogen) atoms. The summed E-state index contributed by atoms with van der Waals surface area (Å²) in [5.41, 5.74) is 1.80. The first-order chi connectivity index (χ1) is 13.1. The van der Waals surface area contributed by atoms with Crippen molar-refractivity contribution in [3.05, 3.63) is 48.0 Å². The van der Waals surface area contributed by atoms with E-state index in [1.165, 1.54) is 0 Å². The van der Waals surface area contributed by atoms with Gasteiger partial charge in [-0.3, -0.25) is 0 Å².